The van der Waals surface area contributed by atoms with Crippen LogP contribution in [0.3, 0.4) is 0 Å². The number of para-hydroxylation sites is 1. The second-order valence-corrected chi connectivity index (χ2v) is 9.44. The van der Waals surface area contributed by atoms with Gasteiger partial charge in [-0.05, 0) is 34.9 Å². The zero-order chi connectivity index (χ0) is 20.5. The van der Waals surface area contributed by atoms with E-state index in [9.17, 15) is 4.79 Å². The lowest BCUT2D eigenvalue weighted by molar-refractivity contribution is -0.139. The second kappa shape index (κ2) is 8.13. The third-order valence-electron chi connectivity index (χ3n) is 5.15. The first-order valence-electron chi connectivity index (χ1n) is 9.64. The molecule has 0 N–H and O–H groups in total. The summed E-state index contributed by atoms with van der Waals surface area (Å²) in [6.45, 7) is 0.524. The summed E-state index contributed by atoms with van der Waals surface area (Å²) in [5.74, 6) is 0.596. The van der Waals surface area contributed by atoms with E-state index >= 15 is 0 Å². The van der Waals surface area contributed by atoms with Crippen LogP contribution in [0.1, 0.15) is 27.5 Å². The number of thiazole rings is 1. The first kappa shape index (κ1) is 19.2. The van der Waals surface area contributed by atoms with Crippen molar-refractivity contribution >= 4 is 39.3 Å². The Morgan fingerprint density at radius 1 is 1.13 bits per heavy atom. The minimum absolute atomic E-state index is 0.0249. The molecule has 0 bridgehead atoms. The number of thioether (sulfide) groups is 1. The zero-order valence-electron chi connectivity index (χ0n) is 16.3. The topological polar surface area (TPSA) is 48.4 Å². The van der Waals surface area contributed by atoms with Crippen molar-refractivity contribution < 1.29 is 14.3 Å². The molecule has 0 amide bonds. The number of benzene rings is 3. The molecule has 1 atom stereocenters. The number of fused-ring (bicyclic) bond motifs is 3. The molecule has 1 aliphatic heterocycles. The van der Waals surface area contributed by atoms with Gasteiger partial charge in [0, 0.05) is 5.56 Å². The third kappa shape index (κ3) is 3.68. The van der Waals surface area contributed by atoms with Crippen LogP contribution in [0.2, 0.25) is 0 Å². The predicted octanol–water partition coefficient (Wildman–Crippen LogP) is 5.79. The molecule has 2 heterocycles. The van der Waals surface area contributed by atoms with Crippen LogP contribution < -0.4 is 4.74 Å². The van der Waals surface area contributed by atoms with Gasteiger partial charge in [-0.15, -0.1) is 11.3 Å². The molecule has 4 nitrogen and oxygen atoms in total. The molecular formula is C24H19NO3S2. The van der Waals surface area contributed by atoms with Crippen molar-refractivity contribution in [2.24, 2.45) is 0 Å². The predicted molar refractivity (Wildman–Crippen MR) is 120 cm³/mol. The van der Waals surface area contributed by atoms with E-state index in [-0.39, 0.29) is 17.6 Å². The van der Waals surface area contributed by atoms with E-state index in [4.69, 9.17) is 14.5 Å². The molecule has 1 aliphatic rings. The monoisotopic (exact) mass is 433 g/mol. The fraction of sp³-hybridized carbons (Fsp3) is 0.167. The normalized spacial score (nSPS) is 15.0. The largest absolute Gasteiger partial charge is 0.489 e. The van der Waals surface area contributed by atoms with Crippen LogP contribution in [0, 0.1) is 0 Å². The van der Waals surface area contributed by atoms with Crippen molar-refractivity contribution in [2.45, 2.75) is 22.6 Å². The van der Waals surface area contributed by atoms with E-state index in [0.717, 1.165) is 26.7 Å². The Morgan fingerprint density at radius 3 is 2.83 bits per heavy atom. The van der Waals surface area contributed by atoms with Gasteiger partial charge in [0.05, 0.1) is 29.0 Å². The molecule has 3 aromatic carbocycles. The van der Waals surface area contributed by atoms with Gasteiger partial charge in [0.2, 0.25) is 0 Å². The molecule has 0 saturated heterocycles. The summed E-state index contributed by atoms with van der Waals surface area (Å²) in [5.41, 5.74) is 5.38. The van der Waals surface area contributed by atoms with Crippen LogP contribution in [0.15, 0.2) is 71.1 Å². The summed E-state index contributed by atoms with van der Waals surface area (Å²) in [4.78, 5) is 16.7. The van der Waals surface area contributed by atoms with Gasteiger partial charge in [0.25, 0.3) is 0 Å². The molecule has 0 fully saturated rings. The van der Waals surface area contributed by atoms with Gasteiger partial charge in [0.1, 0.15) is 12.4 Å². The van der Waals surface area contributed by atoms with E-state index in [1.807, 2.05) is 36.4 Å². The average Bonchev–Trinajstić information content (AvgIpc) is 3.12. The Labute approximate surface area is 182 Å². The highest BCUT2D eigenvalue weighted by molar-refractivity contribution is 8.01. The minimum atomic E-state index is -0.250. The van der Waals surface area contributed by atoms with Crippen LogP contribution in [-0.2, 0) is 22.6 Å². The Balaban J connectivity index is 1.60. The molecule has 6 heteroatoms. The maximum atomic E-state index is 11.8. The highest BCUT2D eigenvalue weighted by Crippen LogP contribution is 2.48. The van der Waals surface area contributed by atoms with Crippen molar-refractivity contribution in [2.75, 3.05) is 7.11 Å². The number of carbonyl (C=O) groups excluding carboxylic acids is 1. The first-order valence-corrected chi connectivity index (χ1v) is 11.3. The minimum Gasteiger partial charge on any atom is -0.489 e. The van der Waals surface area contributed by atoms with Crippen LogP contribution in [-0.4, -0.2) is 18.1 Å². The van der Waals surface area contributed by atoms with Gasteiger partial charge in [0.15, 0.2) is 4.34 Å². The lowest BCUT2D eigenvalue weighted by atomic mass is 9.98. The molecule has 0 aliphatic carbocycles. The average molecular weight is 434 g/mol. The molecule has 1 unspecified atom stereocenters. The van der Waals surface area contributed by atoms with Crippen LogP contribution in [0.4, 0.5) is 0 Å². The van der Waals surface area contributed by atoms with Gasteiger partial charge in [-0.25, -0.2) is 4.98 Å². The summed E-state index contributed by atoms with van der Waals surface area (Å²) >= 11 is 3.44. The Kier molecular flexibility index (Phi) is 5.19. The van der Waals surface area contributed by atoms with E-state index in [2.05, 4.69) is 30.3 Å². The number of esters is 1. The summed E-state index contributed by atoms with van der Waals surface area (Å²) in [5, 5.41) is 0.0249. The van der Waals surface area contributed by atoms with Crippen molar-refractivity contribution in [3.8, 4) is 5.75 Å². The molecule has 30 heavy (non-hydrogen) atoms. The number of methoxy groups -OCH3 is 1. The zero-order valence-corrected chi connectivity index (χ0v) is 18.0. The lowest BCUT2D eigenvalue weighted by Crippen LogP contribution is -2.06. The van der Waals surface area contributed by atoms with Crippen LogP contribution in [0.25, 0.3) is 10.2 Å². The molecule has 150 valence electrons. The Bertz CT molecular complexity index is 1200. The highest BCUT2D eigenvalue weighted by Gasteiger charge is 2.27. The fourth-order valence-electron chi connectivity index (χ4n) is 3.66. The molecule has 0 radical (unpaired) electrons. The van der Waals surface area contributed by atoms with Crippen molar-refractivity contribution in [3.63, 3.8) is 0 Å². The Morgan fingerprint density at radius 2 is 1.97 bits per heavy atom. The number of nitrogens with zero attached hydrogens (tertiary/aromatic N) is 1. The van der Waals surface area contributed by atoms with Crippen molar-refractivity contribution in [3.05, 3.63) is 89.0 Å². The summed E-state index contributed by atoms with van der Waals surface area (Å²) in [6.07, 6.45) is 0.240. The SMILES string of the molecule is COC(=O)Cc1ccc2c(c1)C(Sc1nc3ccccc3s1)c1ccccc1CO2. The van der Waals surface area contributed by atoms with Crippen molar-refractivity contribution in [1.82, 2.24) is 4.98 Å². The van der Waals surface area contributed by atoms with E-state index in [1.165, 1.54) is 22.9 Å². The summed E-state index contributed by atoms with van der Waals surface area (Å²) in [6, 6.07) is 22.5. The molecule has 4 aromatic rings. The van der Waals surface area contributed by atoms with Crippen molar-refractivity contribution in [1.29, 1.82) is 0 Å². The highest BCUT2D eigenvalue weighted by atomic mass is 32.2. The van der Waals surface area contributed by atoms with E-state index in [1.54, 1.807) is 23.1 Å². The van der Waals surface area contributed by atoms with Gasteiger partial charge in [-0.3, -0.25) is 4.79 Å². The first-order chi connectivity index (χ1) is 14.7. The quantitative estimate of drug-likeness (QED) is 0.382. The number of carbonyl (C=O) groups is 1. The number of hydrogen-bond donors (Lipinski definition) is 0. The maximum absolute atomic E-state index is 11.8. The van der Waals surface area contributed by atoms with Crippen LogP contribution in [0.5, 0.6) is 5.75 Å². The number of rotatable bonds is 4. The second-order valence-electron chi connectivity index (χ2n) is 7.06. The van der Waals surface area contributed by atoms with Gasteiger partial charge in [-0.1, -0.05) is 60.3 Å². The molecule has 0 spiro atoms. The van der Waals surface area contributed by atoms with Crippen LogP contribution >= 0.6 is 23.1 Å². The molecular weight excluding hydrogens is 414 g/mol. The summed E-state index contributed by atoms with van der Waals surface area (Å²) in [7, 11) is 1.41. The number of ether oxygens (including phenoxy) is 2. The Hall–Kier alpha value is -2.83. The fourth-order valence-corrected chi connectivity index (χ4v) is 6.12. The third-order valence-corrected chi connectivity index (χ3v) is 7.55. The smallest absolute Gasteiger partial charge is 0.309 e. The van der Waals surface area contributed by atoms with Gasteiger partial charge in [-0.2, -0.15) is 0 Å². The maximum Gasteiger partial charge on any atom is 0.309 e. The molecule has 1 aromatic heterocycles. The molecule has 0 saturated carbocycles. The molecule has 5 rings (SSSR count). The lowest BCUT2D eigenvalue weighted by Gasteiger charge is -2.18. The number of aromatic nitrogens is 1. The standard InChI is InChI=1S/C24H19NO3S2/c1-27-22(26)13-15-10-11-20-18(12-15)23(17-7-3-2-6-16(17)14-28-20)30-24-25-19-8-4-5-9-21(19)29-24/h2-12,23H,13-14H2,1H3. The van der Waals surface area contributed by atoms with Gasteiger partial charge >= 0.3 is 5.97 Å². The number of hydrogen-bond acceptors (Lipinski definition) is 6. The summed E-state index contributed by atoms with van der Waals surface area (Å²) < 4.78 is 13.2. The van der Waals surface area contributed by atoms with E-state index in [0.29, 0.717) is 6.61 Å². The van der Waals surface area contributed by atoms with E-state index < -0.39 is 0 Å². The van der Waals surface area contributed by atoms with Gasteiger partial charge < -0.3 is 9.47 Å².